The summed E-state index contributed by atoms with van der Waals surface area (Å²) in [5.74, 6) is -1.07. The fourth-order valence-electron chi connectivity index (χ4n) is 8.22. The number of unbranched alkanes of at least 4 members (excludes halogenated alkanes) is 21. The molecule has 1 unspecified atom stereocenters. The molecule has 77 heavy (non-hydrogen) atoms. The summed E-state index contributed by atoms with van der Waals surface area (Å²) in [7, 11) is 0. The van der Waals surface area contributed by atoms with Crippen LogP contribution in [-0.4, -0.2) is 37.2 Å². The zero-order valence-electron chi connectivity index (χ0n) is 49.7. The fraction of sp³-hybridized carbons (Fsp3) is 0.620. The van der Waals surface area contributed by atoms with Crippen LogP contribution in [0.4, 0.5) is 0 Å². The van der Waals surface area contributed by atoms with Crippen LogP contribution in [0.1, 0.15) is 265 Å². The van der Waals surface area contributed by atoms with Crippen LogP contribution >= 0.6 is 0 Å². The molecule has 0 spiro atoms. The molecule has 0 aliphatic rings. The summed E-state index contributed by atoms with van der Waals surface area (Å²) >= 11 is 0. The molecule has 0 aliphatic carbocycles. The molecule has 0 amide bonds. The van der Waals surface area contributed by atoms with E-state index in [2.05, 4.69) is 154 Å². The number of ether oxygens (including phenoxy) is 3. The highest BCUT2D eigenvalue weighted by Gasteiger charge is 2.19. The van der Waals surface area contributed by atoms with Crippen LogP contribution in [0.5, 0.6) is 0 Å². The van der Waals surface area contributed by atoms with E-state index in [0.29, 0.717) is 12.8 Å². The maximum absolute atomic E-state index is 12.9. The van der Waals surface area contributed by atoms with Crippen LogP contribution in [0.25, 0.3) is 0 Å². The van der Waals surface area contributed by atoms with Gasteiger partial charge in [-0.15, -0.1) is 0 Å². The number of hydrogen-bond acceptors (Lipinski definition) is 6. The number of carbonyl (C=O) groups is 3. The fourth-order valence-corrected chi connectivity index (χ4v) is 8.22. The Morgan fingerprint density at radius 1 is 0.286 bits per heavy atom. The first kappa shape index (κ1) is 72.3. The number of esters is 3. The van der Waals surface area contributed by atoms with E-state index in [0.717, 1.165) is 116 Å². The molecule has 6 heteroatoms. The quantitative estimate of drug-likeness (QED) is 0.0261. The Labute approximate surface area is 474 Å². The van der Waals surface area contributed by atoms with Crippen LogP contribution < -0.4 is 0 Å². The molecule has 0 radical (unpaired) electrons. The predicted octanol–water partition coefficient (Wildman–Crippen LogP) is 21.5. The van der Waals surface area contributed by atoms with Crippen molar-refractivity contribution in [1.82, 2.24) is 0 Å². The van der Waals surface area contributed by atoms with E-state index in [1.165, 1.54) is 109 Å². The number of allylic oxidation sites excluding steroid dienone is 23. The van der Waals surface area contributed by atoms with Crippen molar-refractivity contribution >= 4 is 17.9 Å². The van der Waals surface area contributed by atoms with Crippen LogP contribution in [0.2, 0.25) is 0 Å². The Morgan fingerprint density at radius 2 is 0.558 bits per heavy atom. The molecular formula is C71H114O6. The second kappa shape index (κ2) is 63.8. The first-order chi connectivity index (χ1) is 38.0. The first-order valence-corrected chi connectivity index (χ1v) is 31.3. The van der Waals surface area contributed by atoms with Gasteiger partial charge in [-0.25, -0.2) is 0 Å². The van der Waals surface area contributed by atoms with Gasteiger partial charge in [-0.05, 0) is 122 Å². The minimum Gasteiger partial charge on any atom is -0.462 e. The Hall–Kier alpha value is -4.71. The first-order valence-electron chi connectivity index (χ1n) is 31.3. The second-order valence-corrected chi connectivity index (χ2v) is 20.2. The maximum Gasteiger partial charge on any atom is 0.309 e. The summed E-state index contributed by atoms with van der Waals surface area (Å²) in [5, 5.41) is 0. The lowest BCUT2D eigenvalue weighted by Gasteiger charge is -2.18. The molecule has 0 saturated carbocycles. The van der Waals surface area contributed by atoms with Crippen molar-refractivity contribution in [3.8, 4) is 0 Å². The topological polar surface area (TPSA) is 78.9 Å². The van der Waals surface area contributed by atoms with Gasteiger partial charge < -0.3 is 14.2 Å². The molecule has 0 fully saturated rings. The van der Waals surface area contributed by atoms with Crippen molar-refractivity contribution in [3.63, 3.8) is 0 Å². The average molecular weight is 1060 g/mol. The van der Waals surface area contributed by atoms with Crippen molar-refractivity contribution < 1.29 is 28.6 Å². The molecule has 0 bridgehead atoms. The van der Waals surface area contributed by atoms with E-state index < -0.39 is 12.1 Å². The lowest BCUT2D eigenvalue weighted by molar-refractivity contribution is -0.166. The van der Waals surface area contributed by atoms with Gasteiger partial charge in [-0.1, -0.05) is 269 Å². The minimum absolute atomic E-state index is 0.119. The summed E-state index contributed by atoms with van der Waals surface area (Å²) in [5.41, 5.74) is 0. The minimum atomic E-state index is -0.831. The molecular weight excluding hydrogens is 949 g/mol. The van der Waals surface area contributed by atoms with E-state index in [-0.39, 0.29) is 31.6 Å². The SMILES string of the molecule is CC/C=C\C/C=C\C/C=C\C/C=C\C/C=C\C/C=C\CCCCCCCCCCC(=O)OCC(COC(=O)C/C=C\C/C=C\C/C=C\C/C=C\C/C=C\CC)OC(=O)CCCCCCCCC/C=C\CCCCCCCC. The number of carbonyl (C=O) groups excluding carboxylic acids is 3. The van der Waals surface area contributed by atoms with Crippen LogP contribution in [-0.2, 0) is 28.6 Å². The Balaban J connectivity index is 4.45. The van der Waals surface area contributed by atoms with Crippen LogP contribution in [0.15, 0.2) is 146 Å². The highest BCUT2D eigenvalue weighted by Crippen LogP contribution is 2.14. The molecule has 0 aromatic rings. The lowest BCUT2D eigenvalue weighted by atomic mass is 10.1. The largest absolute Gasteiger partial charge is 0.462 e. The smallest absolute Gasteiger partial charge is 0.309 e. The van der Waals surface area contributed by atoms with Crippen LogP contribution in [0, 0.1) is 0 Å². The maximum atomic E-state index is 12.9. The standard InChI is InChI=1S/C71H114O6/c1-4-7-10-13-16-19-22-25-28-30-31-32-33-34-35-36-37-38-39-41-43-46-49-52-55-58-61-64-70(73)76-67-68(66-75-69(72)63-60-57-54-51-48-45-42-27-24-21-18-15-12-9-6-3)77-71(74)65-62-59-56-53-50-47-44-40-29-26-23-20-17-14-11-8-5-2/h7,9-10,12,16,18-19,21,25-29,31-32,34-35,37-38,42,48,51,57,60,68H,4-6,8,11,13-15,17,20,22-24,30,33,36,39-41,43-47,49-50,52-56,58-59,61-67H2,1-3H3/b10-7-,12-9-,19-16-,21-18-,28-25-,29-26-,32-31-,35-34-,38-37-,42-27-,51-48-,60-57-. The second-order valence-electron chi connectivity index (χ2n) is 20.2. The lowest BCUT2D eigenvalue weighted by Crippen LogP contribution is -2.30. The summed E-state index contributed by atoms with van der Waals surface area (Å²) in [6.45, 7) is 6.31. The zero-order chi connectivity index (χ0) is 55.7. The summed E-state index contributed by atoms with van der Waals surface area (Å²) in [4.78, 5) is 38.2. The molecule has 0 aliphatic heterocycles. The van der Waals surface area contributed by atoms with E-state index in [4.69, 9.17) is 14.2 Å². The summed E-state index contributed by atoms with van der Waals surface area (Å²) in [6, 6.07) is 0. The molecule has 0 saturated heterocycles. The van der Waals surface area contributed by atoms with Crippen LogP contribution in [0.3, 0.4) is 0 Å². The van der Waals surface area contributed by atoms with E-state index >= 15 is 0 Å². The van der Waals surface area contributed by atoms with Gasteiger partial charge in [0.05, 0.1) is 6.42 Å². The molecule has 0 heterocycles. The third-order valence-corrected chi connectivity index (χ3v) is 12.8. The molecule has 0 aromatic carbocycles. The highest BCUT2D eigenvalue weighted by atomic mass is 16.6. The molecule has 434 valence electrons. The molecule has 1 atom stereocenters. The van der Waals surface area contributed by atoms with Gasteiger partial charge in [0.1, 0.15) is 13.2 Å². The Kier molecular flexibility index (Phi) is 59.9. The predicted molar refractivity (Wildman–Crippen MR) is 334 cm³/mol. The summed E-state index contributed by atoms with van der Waals surface area (Å²) < 4.78 is 16.8. The third kappa shape index (κ3) is 62.0. The van der Waals surface area contributed by atoms with Gasteiger partial charge in [0.2, 0.25) is 0 Å². The van der Waals surface area contributed by atoms with Gasteiger partial charge in [0.15, 0.2) is 6.10 Å². The van der Waals surface area contributed by atoms with E-state index in [9.17, 15) is 14.4 Å². The number of hydrogen-bond donors (Lipinski definition) is 0. The Bertz CT molecular complexity index is 1700. The van der Waals surface area contributed by atoms with E-state index in [1.54, 1.807) is 6.08 Å². The van der Waals surface area contributed by atoms with Crippen molar-refractivity contribution in [3.05, 3.63) is 146 Å². The van der Waals surface area contributed by atoms with Crippen molar-refractivity contribution in [1.29, 1.82) is 0 Å². The van der Waals surface area contributed by atoms with Crippen molar-refractivity contribution in [2.75, 3.05) is 13.2 Å². The molecule has 0 rings (SSSR count). The van der Waals surface area contributed by atoms with Gasteiger partial charge >= 0.3 is 17.9 Å². The van der Waals surface area contributed by atoms with E-state index in [1.807, 2.05) is 6.08 Å². The molecule has 6 nitrogen and oxygen atoms in total. The summed E-state index contributed by atoms with van der Waals surface area (Å²) in [6.07, 6.45) is 91.6. The van der Waals surface area contributed by atoms with Gasteiger partial charge in [-0.3, -0.25) is 14.4 Å². The normalized spacial score (nSPS) is 13.1. The molecule has 0 N–H and O–H groups in total. The van der Waals surface area contributed by atoms with Gasteiger partial charge in [0.25, 0.3) is 0 Å². The monoisotopic (exact) mass is 1060 g/mol. The Morgan fingerprint density at radius 3 is 0.922 bits per heavy atom. The highest BCUT2D eigenvalue weighted by molar-refractivity contribution is 5.72. The zero-order valence-corrected chi connectivity index (χ0v) is 49.7. The van der Waals surface area contributed by atoms with Crippen molar-refractivity contribution in [2.24, 2.45) is 0 Å². The van der Waals surface area contributed by atoms with Gasteiger partial charge in [-0.2, -0.15) is 0 Å². The van der Waals surface area contributed by atoms with Crippen molar-refractivity contribution in [2.45, 2.75) is 271 Å². The van der Waals surface area contributed by atoms with Gasteiger partial charge in [0, 0.05) is 12.8 Å². The average Bonchev–Trinajstić information content (AvgIpc) is 3.43. The molecule has 0 aromatic heterocycles. The third-order valence-electron chi connectivity index (χ3n) is 12.8. The number of rotatable bonds is 55.